The standard InChI is InChI=1S/C15H20N2O2/c1-16(2)14(18)8-5-10-17-11-9-12-6-3-4-7-13(12)15(17)19/h3-4,6-7H,5,8-11H2,1-2H3. The monoisotopic (exact) mass is 260 g/mol. The van der Waals surface area contributed by atoms with Crippen LogP contribution in [0.2, 0.25) is 0 Å². The van der Waals surface area contributed by atoms with E-state index in [-0.39, 0.29) is 11.8 Å². The zero-order chi connectivity index (χ0) is 13.8. The Hall–Kier alpha value is -1.84. The van der Waals surface area contributed by atoms with Gasteiger partial charge in [-0.25, -0.2) is 0 Å². The summed E-state index contributed by atoms with van der Waals surface area (Å²) >= 11 is 0. The zero-order valence-corrected chi connectivity index (χ0v) is 11.6. The third-order valence-electron chi connectivity index (χ3n) is 3.50. The molecule has 0 spiro atoms. The Morgan fingerprint density at radius 1 is 1.32 bits per heavy atom. The van der Waals surface area contributed by atoms with E-state index in [1.165, 1.54) is 0 Å². The summed E-state index contributed by atoms with van der Waals surface area (Å²) in [5.74, 6) is 0.212. The van der Waals surface area contributed by atoms with Crippen molar-refractivity contribution in [2.45, 2.75) is 19.3 Å². The molecule has 0 radical (unpaired) electrons. The van der Waals surface area contributed by atoms with Crippen LogP contribution in [-0.2, 0) is 11.2 Å². The number of rotatable bonds is 4. The number of hydrogen-bond acceptors (Lipinski definition) is 2. The molecule has 1 aliphatic rings. The first-order valence-electron chi connectivity index (χ1n) is 6.67. The topological polar surface area (TPSA) is 40.6 Å². The molecule has 0 saturated carbocycles. The molecule has 102 valence electrons. The van der Waals surface area contributed by atoms with Gasteiger partial charge in [0.1, 0.15) is 0 Å². The number of hydrogen-bond donors (Lipinski definition) is 0. The lowest BCUT2D eigenvalue weighted by Gasteiger charge is -2.28. The van der Waals surface area contributed by atoms with Gasteiger partial charge in [0.25, 0.3) is 5.91 Å². The molecule has 0 unspecified atom stereocenters. The number of carbonyl (C=O) groups excluding carboxylic acids is 2. The lowest BCUT2D eigenvalue weighted by Crippen LogP contribution is -2.38. The molecule has 4 heteroatoms. The van der Waals surface area contributed by atoms with E-state index in [4.69, 9.17) is 0 Å². The van der Waals surface area contributed by atoms with E-state index in [1.807, 2.05) is 29.2 Å². The van der Waals surface area contributed by atoms with E-state index in [0.717, 1.165) is 30.5 Å². The summed E-state index contributed by atoms with van der Waals surface area (Å²) in [6.45, 7) is 1.42. The Kier molecular flexibility index (Phi) is 4.20. The minimum atomic E-state index is 0.0964. The number of nitrogens with zero attached hydrogens (tertiary/aromatic N) is 2. The molecule has 0 aliphatic carbocycles. The highest BCUT2D eigenvalue weighted by atomic mass is 16.2. The van der Waals surface area contributed by atoms with Gasteiger partial charge in [0.05, 0.1) is 0 Å². The number of benzene rings is 1. The van der Waals surface area contributed by atoms with Crippen LogP contribution in [0.1, 0.15) is 28.8 Å². The maximum Gasteiger partial charge on any atom is 0.254 e. The second-order valence-electron chi connectivity index (χ2n) is 5.09. The van der Waals surface area contributed by atoms with Crippen molar-refractivity contribution in [1.82, 2.24) is 9.80 Å². The molecule has 2 amide bonds. The smallest absolute Gasteiger partial charge is 0.254 e. The van der Waals surface area contributed by atoms with Crippen molar-refractivity contribution < 1.29 is 9.59 Å². The maximum atomic E-state index is 12.3. The lowest BCUT2D eigenvalue weighted by atomic mass is 9.99. The molecule has 2 rings (SSSR count). The molecule has 0 N–H and O–H groups in total. The van der Waals surface area contributed by atoms with Gasteiger partial charge in [0, 0.05) is 39.2 Å². The Morgan fingerprint density at radius 3 is 2.79 bits per heavy atom. The van der Waals surface area contributed by atoms with Gasteiger partial charge < -0.3 is 9.80 Å². The molecule has 0 bridgehead atoms. The van der Waals surface area contributed by atoms with E-state index in [1.54, 1.807) is 19.0 Å². The highest BCUT2D eigenvalue weighted by Gasteiger charge is 2.23. The van der Waals surface area contributed by atoms with Crippen LogP contribution in [0.5, 0.6) is 0 Å². The Morgan fingerprint density at radius 2 is 2.05 bits per heavy atom. The van der Waals surface area contributed by atoms with E-state index in [9.17, 15) is 9.59 Å². The van der Waals surface area contributed by atoms with Crippen LogP contribution < -0.4 is 0 Å². The van der Waals surface area contributed by atoms with Crippen LogP contribution in [-0.4, -0.2) is 48.8 Å². The van der Waals surface area contributed by atoms with Gasteiger partial charge in [-0.2, -0.15) is 0 Å². The van der Waals surface area contributed by atoms with Crippen LogP contribution in [0.3, 0.4) is 0 Å². The zero-order valence-electron chi connectivity index (χ0n) is 11.6. The minimum absolute atomic E-state index is 0.0964. The first-order chi connectivity index (χ1) is 9.09. The summed E-state index contributed by atoms with van der Waals surface area (Å²) in [7, 11) is 3.51. The van der Waals surface area contributed by atoms with Gasteiger partial charge in [-0.05, 0) is 24.5 Å². The van der Waals surface area contributed by atoms with Crippen molar-refractivity contribution in [3.8, 4) is 0 Å². The highest BCUT2D eigenvalue weighted by molar-refractivity contribution is 5.96. The second-order valence-corrected chi connectivity index (χ2v) is 5.09. The number of carbonyl (C=O) groups is 2. The lowest BCUT2D eigenvalue weighted by molar-refractivity contribution is -0.128. The van der Waals surface area contributed by atoms with Crippen molar-refractivity contribution >= 4 is 11.8 Å². The quantitative estimate of drug-likeness (QED) is 0.824. The van der Waals surface area contributed by atoms with E-state index in [0.29, 0.717) is 13.0 Å². The highest BCUT2D eigenvalue weighted by Crippen LogP contribution is 2.18. The van der Waals surface area contributed by atoms with Gasteiger partial charge in [0.2, 0.25) is 5.91 Å². The van der Waals surface area contributed by atoms with Crippen molar-refractivity contribution in [2.75, 3.05) is 27.2 Å². The molecule has 4 nitrogen and oxygen atoms in total. The van der Waals surface area contributed by atoms with Crippen molar-refractivity contribution in [2.24, 2.45) is 0 Å². The Balaban J connectivity index is 1.90. The summed E-state index contributed by atoms with van der Waals surface area (Å²) in [5, 5.41) is 0. The van der Waals surface area contributed by atoms with Gasteiger partial charge >= 0.3 is 0 Å². The second kappa shape index (κ2) is 5.87. The Labute approximate surface area is 114 Å². The normalized spacial score (nSPS) is 14.2. The van der Waals surface area contributed by atoms with E-state index in [2.05, 4.69) is 0 Å². The van der Waals surface area contributed by atoms with Gasteiger partial charge in [-0.15, -0.1) is 0 Å². The fourth-order valence-corrected chi connectivity index (χ4v) is 2.33. The van der Waals surface area contributed by atoms with E-state index >= 15 is 0 Å². The molecule has 1 aliphatic heterocycles. The Bertz CT molecular complexity index is 483. The van der Waals surface area contributed by atoms with Crippen molar-refractivity contribution in [3.63, 3.8) is 0 Å². The molecule has 0 aromatic heterocycles. The van der Waals surface area contributed by atoms with Gasteiger partial charge in [-0.1, -0.05) is 18.2 Å². The third kappa shape index (κ3) is 3.13. The number of amides is 2. The molecule has 0 atom stereocenters. The van der Waals surface area contributed by atoms with Crippen LogP contribution in [0.4, 0.5) is 0 Å². The molecule has 1 heterocycles. The fraction of sp³-hybridized carbons (Fsp3) is 0.467. The van der Waals surface area contributed by atoms with Crippen molar-refractivity contribution in [3.05, 3.63) is 35.4 Å². The molecule has 0 saturated heterocycles. The fourth-order valence-electron chi connectivity index (χ4n) is 2.33. The first kappa shape index (κ1) is 13.6. The molecular formula is C15H20N2O2. The minimum Gasteiger partial charge on any atom is -0.349 e. The molecule has 1 aromatic carbocycles. The van der Waals surface area contributed by atoms with Crippen LogP contribution in [0.25, 0.3) is 0 Å². The summed E-state index contributed by atoms with van der Waals surface area (Å²) in [4.78, 5) is 27.2. The molecular weight excluding hydrogens is 240 g/mol. The summed E-state index contributed by atoms with van der Waals surface area (Å²) in [6, 6.07) is 7.77. The summed E-state index contributed by atoms with van der Waals surface area (Å²) in [5.41, 5.74) is 1.95. The van der Waals surface area contributed by atoms with Gasteiger partial charge in [0.15, 0.2) is 0 Å². The average molecular weight is 260 g/mol. The van der Waals surface area contributed by atoms with Gasteiger partial charge in [-0.3, -0.25) is 9.59 Å². The van der Waals surface area contributed by atoms with Crippen LogP contribution >= 0.6 is 0 Å². The SMILES string of the molecule is CN(C)C(=O)CCCN1CCc2ccccc2C1=O. The summed E-state index contributed by atoms with van der Waals surface area (Å²) < 4.78 is 0. The summed E-state index contributed by atoms with van der Waals surface area (Å²) in [6.07, 6.45) is 2.13. The average Bonchev–Trinajstić information content (AvgIpc) is 2.41. The number of fused-ring (bicyclic) bond motifs is 1. The van der Waals surface area contributed by atoms with Crippen LogP contribution in [0.15, 0.2) is 24.3 Å². The molecule has 19 heavy (non-hydrogen) atoms. The molecule has 0 fully saturated rings. The van der Waals surface area contributed by atoms with Crippen LogP contribution in [0, 0.1) is 0 Å². The van der Waals surface area contributed by atoms with E-state index < -0.39 is 0 Å². The maximum absolute atomic E-state index is 12.3. The first-order valence-corrected chi connectivity index (χ1v) is 6.67. The predicted molar refractivity (Wildman–Crippen MR) is 74.0 cm³/mol. The molecule has 1 aromatic rings. The predicted octanol–water partition coefficient (Wildman–Crippen LogP) is 1.55. The largest absolute Gasteiger partial charge is 0.349 e. The third-order valence-corrected chi connectivity index (χ3v) is 3.50. The van der Waals surface area contributed by atoms with Crippen molar-refractivity contribution in [1.29, 1.82) is 0 Å².